The highest BCUT2D eigenvalue weighted by Gasteiger charge is 2.26. The molecule has 1 aromatic rings. The van der Waals surface area contributed by atoms with Crippen LogP contribution in [0, 0.1) is 6.92 Å². The van der Waals surface area contributed by atoms with Crippen molar-refractivity contribution >= 4 is 42.5 Å². The van der Waals surface area contributed by atoms with Gasteiger partial charge in [0.2, 0.25) is 5.88 Å². The maximum Gasteiger partial charge on any atom is 0.457 e. The molecule has 1 unspecified atom stereocenters. The molecule has 0 fully saturated rings. The third-order valence-corrected chi connectivity index (χ3v) is 4.22. The van der Waals surface area contributed by atoms with Crippen molar-refractivity contribution in [3.63, 3.8) is 0 Å². The molecule has 102 valence electrons. The molecule has 0 saturated carbocycles. The molecule has 5 nitrogen and oxygen atoms in total. The van der Waals surface area contributed by atoms with Gasteiger partial charge in [0.25, 0.3) is 0 Å². The van der Waals surface area contributed by atoms with Crippen LogP contribution in [0.2, 0.25) is 15.2 Å². The minimum absolute atomic E-state index is 0.0156. The second-order valence-corrected chi connectivity index (χ2v) is 6.33. The van der Waals surface area contributed by atoms with Crippen LogP contribution >= 0.6 is 42.5 Å². The number of hydrogen-bond acceptors (Lipinski definition) is 4. The van der Waals surface area contributed by atoms with Crippen LogP contribution < -0.4 is 10.0 Å². The normalized spacial score (nSPS) is 14.7. The molecule has 0 saturated heterocycles. The van der Waals surface area contributed by atoms with Gasteiger partial charge in [0.1, 0.15) is 5.02 Å². The van der Waals surface area contributed by atoms with Crippen LogP contribution in [0.1, 0.15) is 19.4 Å². The Bertz CT molecular complexity index is 510. The fourth-order valence-electron chi connectivity index (χ4n) is 1.10. The van der Waals surface area contributed by atoms with Crippen LogP contribution in [-0.2, 0) is 9.09 Å². The molecular formula is C9H12Cl3N2O3P. The SMILES string of the molecule is Cc1c(Cl)c(Cl)nc(OP(N)(=O)OC(C)C)c1Cl. The number of rotatable bonds is 4. The zero-order valence-electron chi connectivity index (χ0n) is 9.91. The first-order valence-electron chi connectivity index (χ1n) is 4.91. The Morgan fingerprint density at radius 3 is 2.33 bits per heavy atom. The summed E-state index contributed by atoms with van der Waals surface area (Å²) in [6.07, 6.45) is -0.372. The topological polar surface area (TPSA) is 74.4 Å². The summed E-state index contributed by atoms with van der Waals surface area (Å²) in [5.74, 6) is -0.171. The van der Waals surface area contributed by atoms with Crippen molar-refractivity contribution in [3.8, 4) is 5.88 Å². The lowest BCUT2D eigenvalue weighted by atomic mass is 10.3. The van der Waals surface area contributed by atoms with E-state index in [0.717, 1.165) is 0 Å². The Kier molecular flexibility index (Phi) is 5.30. The van der Waals surface area contributed by atoms with Gasteiger partial charge in [0.05, 0.1) is 11.1 Å². The van der Waals surface area contributed by atoms with E-state index < -0.39 is 7.75 Å². The van der Waals surface area contributed by atoms with Crippen molar-refractivity contribution in [2.24, 2.45) is 5.50 Å². The molecular weight excluding hydrogens is 321 g/mol. The average molecular weight is 334 g/mol. The molecule has 0 aliphatic carbocycles. The molecule has 0 radical (unpaired) electrons. The highest BCUT2D eigenvalue weighted by molar-refractivity contribution is 7.51. The largest absolute Gasteiger partial charge is 0.457 e. The highest BCUT2D eigenvalue weighted by Crippen LogP contribution is 2.45. The van der Waals surface area contributed by atoms with Gasteiger partial charge in [-0.25, -0.2) is 10.1 Å². The van der Waals surface area contributed by atoms with Gasteiger partial charge in [0, 0.05) is 0 Å². The van der Waals surface area contributed by atoms with Crippen molar-refractivity contribution in [1.29, 1.82) is 0 Å². The first-order valence-corrected chi connectivity index (χ1v) is 7.66. The van der Waals surface area contributed by atoms with Gasteiger partial charge >= 0.3 is 7.75 Å². The fourth-order valence-corrected chi connectivity index (χ4v) is 2.73. The zero-order valence-corrected chi connectivity index (χ0v) is 13.1. The van der Waals surface area contributed by atoms with E-state index in [4.69, 9.17) is 49.4 Å². The summed E-state index contributed by atoms with van der Waals surface area (Å²) in [7, 11) is -3.80. The number of nitrogens with zero attached hydrogens (tertiary/aromatic N) is 1. The molecule has 0 aliphatic heterocycles. The van der Waals surface area contributed by atoms with E-state index in [2.05, 4.69) is 4.98 Å². The molecule has 0 amide bonds. The molecule has 18 heavy (non-hydrogen) atoms. The predicted octanol–water partition coefficient (Wildman–Crippen LogP) is 4.22. The van der Waals surface area contributed by atoms with E-state index in [1.165, 1.54) is 0 Å². The number of aromatic nitrogens is 1. The number of halogens is 3. The first-order chi connectivity index (χ1) is 8.14. The van der Waals surface area contributed by atoms with Gasteiger partial charge in [-0.05, 0) is 26.3 Å². The van der Waals surface area contributed by atoms with Crippen LogP contribution in [0.15, 0.2) is 0 Å². The number of pyridine rings is 1. The van der Waals surface area contributed by atoms with E-state index in [-0.39, 0.29) is 27.2 Å². The van der Waals surface area contributed by atoms with Gasteiger partial charge in [-0.1, -0.05) is 34.8 Å². The third-order valence-electron chi connectivity index (χ3n) is 1.80. The highest BCUT2D eigenvalue weighted by atomic mass is 35.5. The summed E-state index contributed by atoms with van der Waals surface area (Å²) in [6, 6.07) is 0. The maximum atomic E-state index is 11.8. The van der Waals surface area contributed by atoms with Crippen molar-refractivity contribution in [3.05, 3.63) is 20.8 Å². The quantitative estimate of drug-likeness (QED) is 0.659. The molecule has 2 N–H and O–H groups in total. The van der Waals surface area contributed by atoms with Crippen molar-refractivity contribution in [2.45, 2.75) is 26.9 Å². The summed E-state index contributed by atoms with van der Waals surface area (Å²) in [6.45, 7) is 4.95. The minimum atomic E-state index is -3.80. The van der Waals surface area contributed by atoms with E-state index in [1.807, 2.05) is 0 Å². The number of hydrogen-bond donors (Lipinski definition) is 1. The van der Waals surface area contributed by atoms with E-state index in [0.29, 0.717) is 5.56 Å². The molecule has 1 heterocycles. The predicted molar refractivity (Wildman–Crippen MR) is 72.6 cm³/mol. The molecule has 0 aliphatic rings. The summed E-state index contributed by atoms with van der Waals surface area (Å²) < 4.78 is 21.7. The monoisotopic (exact) mass is 332 g/mol. The summed E-state index contributed by atoms with van der Waals surface area (Å²) in [5.41, 5.74) is 5.85. The van der Waals surface area contributed by atoms with Crippen LogP contribution in [-0.4, -0.2) is 11.1 Å². The van der Waals surface area contributed by atoms with Gasteiger partial charge in [-0.2, -0.15) is 4.98 Å². The zero-order chi connectivity index (χ0) is 14.1. The molecule has 1 aromatic heterocycles. The Morgan fingerprint density at radius 1 is 1.28 bits per heavy atom. The lowest BCUT2D eigenvalue weighted by Crippen LogP contribution is -2.12. The standard InChI is InChI=1S/C9H12Cl3N2O3P/c1-4(2)16-18(13,15)17-9-7(11)5(3)6(10)8(12)14-9/h4H,1-3H3,(H2,13,15). The molecule has 9 heteroatoms. The Hall–Kier alpha value is -0.0300. The molecule has 0 aromatic carbocycles. The van der Waals surface area contributed by atoms with Gasteiger partial charge in [-0.3, -0.25) is 4.52 Å². The summed E-state index contributed by atoms with van der Waals surface area (Å²) >= 11 is 17.6. The Balaban J connectivity index is 3.09. The average Bonchev–Trinajstić information content (AvgIpc) is 2.20. The first kappa shape index (κ1) is 16.0. The summed E-state index contributed by atoms with van der Waals surface area (Å²) in [5, 5.41) is 0.270. The summed E-state index contributed by atoms with van der Waals surface area (Å²) in [4.78, 5) is 3.77. The van der Waals surface area contributed by atoms with Gasteiger partial charge < -0.3 is 4.52 Å². The fraction of sp³-hybridized carbons (Fsp3) is 0.444. The maximum absolute atomic E-state index is 11.8. The van der Waals surface area contributed by atoms with E-state index >= 15 is 0 Å². The Morgan fingerprint density at radius 2 is 1.83 bits per heavy atom. The van der Waals surface area contributed by atoms with E-state index in [9.17, 15) is 4.57 Å². The van der Waals surface area contributed by atoms with Crippen molar-refractivity contribution in [1.82, 2.24) is 4.98 Å². The molecule has 0 bridgehead atoms. The second-order valence-electron chi connectivity index (χ2n) is 3.75. The van der Waals surface area contributed by atoms with Gasteiger partial charge in [-0.15, -0.1) is 0 Å². The smallest absolute Gasteiger partial charge is 0.393 e. The minimum Gasteiger partial charge on any atom is -0.393 e. The second kappa shape index (κ2) is 5.95. The lowest BCUT2D eigenvalue weighted by Gasteiger charge is -2.17. The van der Waals surface area contributed by atoms with Gasteiger partial charge in [0.15, 0.2) is 5.15 Å². The third kappa shape index (κ3) is 3.98. The van der Waals surface area contributed by atoms with Crippen LogP contribution in [0.4, 0.5) is 0 Å². The van der Waals surface area contributed by atoms with E-state index in [1.54, 1.807) is 20.8 Å². The number of nitrogens with two attached hydrogens (primary N) is 1. The molecule has 1 atom stereocenters. The van der Waals surface area contributed by atoms with Crippen molar-refractivity contribution < 1.29 is 13.6 Å². The molecule has 0 spiro atoms. The molecule has 1 rings (SSSR count). The van der Waals surface area contributed by atoms with Crippen LogP contribution in [0.25, 0.3) is 0 Å². The van der Waals surface area contributed by atoms with Crippen LogP contribution in [0.5, 0.6) is 5.88 Å². The van der Waals surface area contributed by atoms with Crippen molar-refractivity contribution in [2.75, 3.05) is 0 Å². The van der Waals surface area contributed by atoms with Crippen LogP contribution in [0.3, 0.4) is 0 Å². The lowest BCUT2D eigenvalue weighted by molar-refractivity contribution is 0.208. The Labute approximate surface area is 120 Å².